The van der Waals surface area contributed by atoms with Gasteiger partial charge in [0.1, 0.15) is 11.8 Å². The predicted molar refractivity (Wildman–Crippen MR) is 114 cm³/mol. The van der Waals surface area contributed by atoms with E-state index in [1.54, 1.807) is 67.3 Å². The van der Waals surface area contributed by atoms with Crippen LogP contribution in [0.4, 0.5) is 5.69 Å². The highest BCUT2D eigenvalue weighted by Crippen LogP contribution is 2.42. The van der Waals surface area contributed by atoms with Crippen molar-refractivity contribution in [1.29, 1.82) is 10.7 Å². The zero-order chi connectivity index (χ0) is 21.1. The molecule has 3 rings (SSSR count). The Hall–Kier alpha value is -2.81. The van der Waals surface area contributed by atoms with E-state index in [1.165, 1.54) is 0 Å². The topological polar surface area (TPSA) is 77.2 Å². The summed E-state index contributed by atoms with van der Waals surface area (Å²) in [5, 5.41) is 19.8. The molecule has 0 amide bonds. The standard InChI is InChI=1S/C22H19Cl2N3O2/c1-3-29-22(28)19-13(2)27(17-10-8-16(24)9-11-17)21(26)18(12-25)20(19)14-4-6-15(23)7-5-14/h4-11,18,20,26H,3H2,1-2H3. The molecule has 2 aromatic rings. The Morgan fingerprint density at radius 1 is 1.14 bits per heavy atom. The molecule has 0 spiro atoms. The molecule has 2 atom stereocenters. The maximum absolute atomic E-state index is 12.9. The highest BCUT2D eigenvalue weighted by molar-refractivity contribution is 6.31. The van der Waals surface area contributed by atoms with E-state index in [2.05, 4.69) is 6.07 Å². The number of nitriles is 1. The monoisotopic (exact) mass is 427 g/mol. The van der Waals surface area contributed by atoms with Gasteiger partial charge in [-0.25, -0.2) is 4.79 Å². The Morgan fingerprint density at radius 3 is 2.21 bits per heavy atom. The lowest BCUT2D eigenvalue weighted by atomic mass is 9.76. The van der Waals surface area contributed by atoms with Gasteiger partial charge in [-0.15, -0.1) is 0 Å². The normalized spacial score (nSPS) is 19.1. The molecule has 2 unspecified atom stereocenters. The number of carbonyl (C=O) groups is 1. The molecule has 5 nitrogen and oxygen atoms in total. The van der Waals surface area contributed by atoms with Crippen LogP contribution >= 0.6 is 23.2 Å². The second-order valence-electron chi connectivity index (χ2n) is 6.55. The highest BCUT2D eigenvalue weighted by atomic mass is 35.5. The molecule has 29 heavy (non-hydrogen) atoms. The highest BCUT2D eigenvalue weighted by Gasteiger charge is 2.43. The number of ether oxygens (including phenoxy) is 1. The fourth-order valence-electron chi connectivity index (χ4n) is 3.56. The summed E-state index contributed by atoms with van der Waals surface area (Å²) < 4.78 is 5.31. The van der Waals surface area contributed by atoms with Crippen molar-refractivity contribution >= 4 is 40.7 Å². The number of rotatable bonds is 4. The van der Waals surface area contributed by atoms with E-state index in [-0.39, 0.29) is 12.4 Å². The maximum Gasteiger partial charge on any atom is 0.336 e. The fraction of sp³-hybridized carbons (Fsp3) is 0.227. The number of hydrogen-bond donors (Lipinski definition) is 1. The first-order chi connectivity index (χ1) is 13.9. The van der Waals surface area contributed by atoms with E-state index >= 15 is 0 Å². The number of nitrogens with zero attached hydrogens (tertiary/aromatic N) is 2. The van der Waals surface area contributed by atoms with Crippen molar-refractivity contribution in [2.75, 3.05) is 11.5 Å². The summed E-state index contributed by atoms with van der Waals surface area (Å²) in [6.07, 6.45) is 0. The van der Waals surface area contributed by atoms with Gasteiger partial charge in [-0.2, -0.15) is 5.26 Å². The summed E-state index contributed by atoms with van der Waals surface area (Å²) in [5.41, 5.74) is 2.27. The predicted octanol–water partition coefficient (Wildman–Crippen LogP) is 5.55. The second-order valence-corrected chi connectivity index (χ2v) is 7.43. The van der Waals surface area contributed by atoms with E-state index in [1.807, 2.05) is 0 Å². The van der Waals surface area contributed by atoms with Gasteiger partial charge in [0.15, 0.2) is 0 Å². The molecular weight excluding hydrogens is 409 g/mol. The van der Waals surface area contributed by atoms with Crippen LogP contribution in [0.3, 0.4) is 0 Å². The van der Waals surface area contributed by atoms with Crippen LogP contribution in [-0.2, 0) is 9.53 Å². The van der Waals surface area contributed by atoms with Gasteiger partial charge in [-0.05, 0) is 55.8 Å². The van der Waals surface area contributed by atoms with Gasteiger partial charge in [0.25, 0.3) is 0 Å². The smallest absolute Gasteiger partial charge is 0.336 e. The first kappa shape index (κ1) is 20.9. The van der Waals surface area contributed by atoms with Crippen LogP contribution in [-0.4, -0.2) is 18.4 Å². The number of nitrogens with one attached hydrogen (secondary N) is 1. The largest absolute Gasteiger partial charge is 0.463 e. The Morgan fingerprint density at radius 2 is 1.69 bits per heavy atom. The van der Waals surface area contributed by atoms with Crippen molar-refractivity contribution in [2.45, 2.75) is 19.8 Å². The van der Waals surface area contributed by atoms with E-state index in [4.69, 9.17) is 33.3 Å². The minimum Gasteiger partial charge on any atom is -0.463 e. The minimum absolute atomic E-state index is 0.0836. The van der Waals surface area contributed by atoms with E-state index < -0.39 is 17.8 Å². The van der Waals surface area contributed by atoms with Crippen molar-refractivity contribution in [3.63, 3.8) is 0 Å². The van der Waals surface area contributed by atoms with Gasteiger partial charge in [0, 0.05) is 27.3 Å². The van der Waals surface area contributed by atoms with Crippen LogP contribution in [0.25, 0.3) is 0 Å². The zero-order valence-corrected chi connectivity index (χ0v) is 17.5. The third kappa shape index (κ3) is 4.00. The molecule has 1 aliphatic heterocycles. The van der Waals surface area contributed by atoms with Crippen LogP contribution in [0.1, 0.15) is 25.3 Å². The van der Waals surface area contributed by atoms with Gasteiger partial charge in [-0.3, -0.25) is 5.41 Å². The molecule has 0 saturated carbocycles. The summed E-state index contributed by atoms with van der Waals surface area (Å²) in [6.45, 7) is 3.69. The molecule has 1 aliphatic rings. The number of anilines is 1. The average Bonchev–Trinajstić information content (AvgIpc) is 2.70. The third-order valence-corrected chi connectivity index (χ3v) is 5.36. The number of amidine groups is 1. The molecule has 0 aliphatic carbocycles. The maximum atomic E-state index is 12.9. The van der Waals surface area contributed by atoms with Gasteiger partial charge >= 0.3 is 5.97 Å². The Kier molecular flexibility index (Phi) is 6.26. The molecule has 2 aromatic carbocycles. The van der Waals surface area contributed by atoms with Gasteiger partial charge in [0.2, 0.25) is 0 Å². The van der Waals surface area contributed by atoms with E-state index in [0.717, 1.165) is 5.56 Å². The summed E-state index contributed by atoms with van der Waals surface area (Å²) in [5.74, 6) is -1.93. The molecular formula is C22H19Cl2N3O2. The minimum atomic E-state index is -0.880. The lowest BCUT2D eigenvalue weighted by Crippen LogP contribution is -2.44. The van der Waals surface area contributed by atoms with E-state index in [0.29, 0.717) is 27.0 Å². The van der Waals surface area contributed by atoms with E-state index in [9.17, 15) is 10.1 Å². The van der Waals surface area contributed by atoms with Crippen LogP contribution in [0.5, 0.6) is 0 Å². The molecule has 1 heterocycles. The van der Waals surface area contributed by atoms with Crippen molar-refractivity contribution < 1.29 is 9.53 Å². The number of esters is 1. The lowest BCUT2D eigenvalue weighted by Gasteiger charge is -2.39. The molecule has 0 saturated heterocycles. The van der Waals surface area contributed by atoms with Gasteiger partial charge in [-0.1, -0.05) is 35.3 Å². The summed E-state index contributed by atoms with van der Waals surface area (Å²) in [6, 6.07) is 16.1. The number of carbonyl (C=O) groups excluding carboxylic acids is 1. The number of halogens is 2. The van der Waals surface area contributed by atoms with Gasteiger partial charge < -0.3 is 9.64 Å². The average molecular weight is 428 g/mol. The Labute approximate surface area is 179 Å². The number of benzene rings is 2. The molecule has 148 valence electrons. The van der Waals surface area contributed by atoms with Gasteiger partial charge in [0.05, 0.1) is 18.2 Å². The second kappa shape index (κ2) is 8.69. The van der Waals surface area contributed by atoms with Crippen molar-refractivity contribution in [3.8, 4) is 6.07 Å². The first-order valence-corrected chi connectivity index (χ1v) is 9.81. The molecule has 0 aromatic heterocycles. The SMILES string of the molecule is CCOC(=O)C1=C(C)N(c2ccc(Cl)cc2)C(=N)C(C#N)C1c1ccc(Cl)cc1. The molecule has 7 heteroatoms. The number of hydrogen-bond acceptors (Lipinski definition) is 4. The Balaban J connectivity index is 2.23. The van der Waals surface area contributed by atoms with Crippen LogP contribution in [0.2, 0.25) is 10.0 Å². The molecule has 1 N–H and O–H groups in total. The quantitative estimate of drug-likeness (QED) is 0.648. The van der Waals surface area contributed by atoms with Crippen molar-refractivity contribution in [3.05, 3.63) is 75.4 Å². The first-order valence-electron chi connectivity index (χ1n) is 9.06. The summed E-state index contributed by atoms with van der Waals surface area (Å²) >= 11 is 12.0. The van der Waals surface area contributed by atoms with Crippen LogP contribution in [0, 0.1) is 22.7 Å². The summed E-state index contributed by atoms with van der Waals surface area (Å²) in [7, 11) is 0. The zero-order valence-electron chi connectivity index (χ0n) is 15.9. The van der Waals surface area contributed by atoms with Crippen LogP contribution in [0.15, 0.2) is 59.8 Å². The molecule has 0 radical (unpaired) electrons. The molecule has 0 fully saturated rings. The summed E-state index contributed by atoms with van der Waals surface area (Å²) in [4.78, 5) is 14.5. The van der Waals surface area contributed by atoms with Crippen LogP contribution < -0.4 is 4.90 Å². The van der Waals surface area contributed by atoms with Crippen molar-refractivity contribution in [1.82, 2.24) is 0 Å². The molecule has 0 bridgehead atoms. The number of allylic oxidation sites excluding steroid dienone is 1. The fourth-order valence-corrected chi connectivity index (χ4v) is 3.81. The lowest BCUT2D eigenvalue weighted by molar-refractivity contribution is -0.139. The third-order valence-electron chi connectivity index (χ3n) is 4.85. The van der Waals surface area contributed by atoms with Crippen molar-refractivity contribution in [2.24, 2.45) is 5.92 Å². The Bertz CT molecular complexity index is 1010.